The molecule has 0 bridgehead atoms. The fourth-order valence-electron chi connectivity index (χ4n) is 0.255. The van der Waals surface area contributed by atoms with Crippen LogP contribution in [0.5, 0.6) is 0 Å². The van der Waals surface area contributed by atoms with E-state index in [9.17, 15) is 0 Å². The van der Waals surface area contributed by atoms with Gasteiger partial charge in [-0.15, -0.1) is 23.2 Å². The standard InChI is InChI=1S/C3H2Cl4/c4-1-2(5)3(1,6)7/h1-2H/t1-,2?/m0/s1. The Morgan fingerprint density at radius 2 is 1.14 bits per heavy atom. The zero-order valence-corrected chi connectivity index (χ0v) is 6.19. The van der Waals surface area contributed by atoms with Gasteiger partial charge in [0.25, 0.3) is 0 Å². The molecule has 0 amide bonds. The number of alkyl halides is 4. The molecule has 4 heteroatoms. The van der Waals surface area contributed by atoms with E-state index in [1.165, 1.54) is 0 Å². The van der Waals surface area contributed by atoms with Crippen LogP contribution >= 0.6 is 46.4 Å². The number of rotatable bonds is 0. The molecule has 0 radical (unpaired) electrons. The molecule has 1 unspecified atom stereocenters. The van der Waals surface area contributed by atoms with Crippen LogP contribution < -0.4 is 0 Å². The predicted molar refractivity (Wildman–Crippen MR) is 33.7 cm³/mol. The SMILES string of the molecule is ClC1[C@H](Cl)C1(Cl)Cl. The average molecular weight is 180 g/mol. The topological polar surface area (TPSA) is 0 Å². The van der Waals surface area contributed by atoms with Crippen molar-refractivity contribution in [3.05, 3.63) is 0 Å². The maximum Gasteiger partial charge on any atom is 0.153 e. The van der Waals surface area contributed by atoms with E-state index in [0.717, 1.165) is 0 Å². The molecule has 0 aliphatic heterocycles. The second kappa shape index (κ2) is 1.57. The summed E-state index contributed by atoms with van der Waals surface area (Å²) in [6.07, 6.45) is 0. The van der Waals surface area contributed by atoms with Gasteiger partial charge in [-0.1, -0.05) is 23.2 Å². The van der Waals surface area contributed by atoms with Crippen LogP contribution in [0.4, 0.5) is 0 Å². The fourth-order valence-corrected chi connectivity index (χ4v) is 1.48. The van der Waals surface area contributed by atoms with Gasteiger partial charge in [-0.2, -0.15) is 0 Å². The molecule has 1 rings (SSSR count). The second-order valence-corrected chi connectivity index (χ2v) is 3.86. The summed E-state index contributed by atoms with van der Waals surface area (Å²) in [4.78, 5) is 0. The molecule has 1 aliphatic carbocycles. The van der Waals surface area contributed by atoms with Gasteiger partial charge in [0.1, 0.15) is 0 Å². The summed E-state index contributed by atoms with van der Waals surface area (Å²) in [5.74, 6) is 0. The smallest absolute Gasteiger partial charge is 0.118 e. The van der Waals surface area contributed by atoms with Crippen LogP contribution in [0.3, 0.4) is 0 Å². The summed E-state index contributed by atoms with van der Waals surface area (Å²) in [6, 6.07) is 0. The van der Waals surface area contributed by atoms with E-state index >= 15 is 0 Å². The molecule has 0 spiro atoms. The zero-order chi connectivity index (χ0) is 5.65. The molecule has 0 aromatic heterocycles. The van der Waals surface area contributed by atoms with E-state index in [-0.39, 0.29) is 10.8 Å². The highest BCUT2D eigenvalue weighted by molar-refractivity contribution is 6.62. The first kappa shape index (κ1) is 6.28. The van der Waals surface area contributed by atoms with Gasteiger partial charge in [0, 0.05) is 0 Å². The molecule has 1 fully saturated rings. The molecule has 1 saturated carbocycles. The first-order valence-electron chi connectivity index (χ1n) is 1.73. The molecule has 2 atom stereocenters. The van der Waals surface area contributed by atoms with Gasteiger partial charge in [0.2, 0.25) is 0 Å². The molecule has 0 saturated heterocycles. The molecule has 1 aliphatic rings. The summed E-state index contributed by atoms with van der Waals surface area (Å²) in [7, 11) is 0. The Morgan fingerprint density at radius 3 is 1.14 bits per heavy atom. The van der Waals surface area contributed by atoms with Crippen LogP contribution in [-0.4, -0.2) is 15.1 Å². The van der Waals surface area contributed by atoms with E-state index in [2.05, 4.69) is 0 Å². The Hall–Kier alpha value is 1.16. The average Bonchev–Trinajstić information content (AvgIpc) is 1.91. The van der Waals surface area contributed by atoms with Gasteiger partial charge in [-0.25, -0.2) is 0 Å². The number of hydrogen-bond acceptors (Lipinski definition) is 0. The van der Waals surface area contributed by atoms with Crippen molar-refractivity contribution in [2.45, 2.75) is 15.1 Å². The van der Waals surface area contributed by atoms with Crippen molar-refractivity contribution in [1.29, 1.82) is 0 Å². The third-order valence-corrected chi connectivity index (χ3v) is 3.59. The molecule has 7 heavy (non-hydrogen) atoms. The van der Waals surface area contributed by atoms with Crippen LogP contribution in [0.15, 0.2) is 0 Å². The summed E-state index contributed by atoms with van der Waals surface area (Å²) in [5, 5.41) is -0.532. The zero-order valence-electron chi connectivity index (χ0n) is 3.17. The van der Waals surface area contributed by atoms with Crippen LogP contribution in [0.1, 0.15) is 0 Å². The third kappa shape index (κ3) is 0.829. The Balaban J connectivity index is 2.52. The maximum atomic E-state index is 5.44. The van der Waals surface area contributed by atoms with Gasteiger partial charge in [0.15, 0.2) is 4.33 Å². The second-order valence-electron chi connectivity index (χ2n) is 1.48. The first-order valence-corrected chi connectivity index (χ1v) is 3.35. The Morgan fingerprint density at radius 1 is 1.00 bits per heavy atom. The highest BCUT2D eigenvalue weighted by Crippen LogP contribution is 2.54. The lowest BCUT2D eigenvalue weighted by Gasteiger charge is -1.84. The third-order valence-electron chi connectivity index (χ3n) is 0.883. The van der Waals surface area contributed by atoms with Crippen molar-refractivity contribution in [1.82, 2.24) is 0 Å². The molecule has 0 N–H and O–H groups in total. The fraction of sp³-hybridized carbons (Fsp3) is 1.00. The minimum Gasteiger partial charge on any atom is -0.118 e. The molecule has 0 heterocycles. The molecular weight excluding hydrogens is 178 g/mol. The van der Waals surface area contributed by atoms with Crippen LogP contribution in [-0.2, 0) is 0 Å². The van der Waals surface area contributed by atoms with E-state index in [4.69, 9.17) is 46.4 Å². The summed E-state index contributed by atoms with van der Waals surface area (Å²) in [5.41, 5.74) is 0. The Bertz CT molecular complexity index is 78.9. The lowest BCUT2D eigenvalue weighted by Crippen LogP contribution is -1.87. The largest absolute Gasteiger partial charge is 0.153 e. The van der Waals surface area contributed by atoms with Gasteiger partial charge in [0.05, 0.1) is 10.8 Å². The minimum atomic E-state index is -0.858. The van der Waals surface area contributed by atoms with E-state index in [0.29, 0.717) is 0 Å². The first-order chi connectivity index (χ1) is 3.07. The Labute approximate surface area is 61.7 Å². The monoisotopic (exact) mass is 178 g/mol. The molecule has 0 aromatic rings. The van der Waals surface area contributed by atoms with Gasteiger partial charge in [-0.3, -0.25) is 0 Å². The summed E-state index contributed by atoms with van der Waals surface area (Å²) >= 11 is 21.8. The number of halogens is 4. The molecular formula is C3H2Cl4. The minimum absolute atomic E-state index is 0.266. The highest BCUT2D eigenvalue weighted by atomic mass is 35.5. The van der Waals surface area contributed by atoms with Crippen molar-refractivity contribution in [3.63, 3.8) is 0 Å². The van der Waals surface area contributed by atoms with Crippen molar-refractivity contribution >= 4 is 46.4 Å². The van der Waals surface area contributed by atoms with E-state index in [1.54, 1.807) is 0 Å². The van der Waals surface area contributed by atoms with Crippen LogP contribution in [0.25, 0.3) is 0 Å². The van der Waals surface area contributed by atoms with E-state index < -0.39 is 4.33 Å². The summed E-state index contributed by atoms with van der Waals surface area (Å²) < 4.78 is -0.858. The normalized spacial score (nSPS) is 46.3. The van der Waals surface area contributed by atoms with Gasteiger partial charge in [-0.05, 0) is 0 Å². The van der Waals surface area contributed by atoms with Crippen molar-refractivity contribution in [2.75, 3.05) is 0 Å². The van der Waals surface area contributed by atoms with Gasteiger partial charge >= 0.3 is 0 Å². The number of hydrogen-bond donors (Lipinski definition) is 0. The van der Waals surface area contributed by atoms with Crippen LogP contribution in [0, 0.1) is 0 Å². The predicted octanol–water partition coefficient (Wildman–Crippen LogP) is 2.39. The van der Waals surface area contributed by atoms with Crippen molar-refractivity contribution in [2.24, 2.45) is 0 Å². The van der Waals surface area contributed by atoms with E-state index in [1.807, 2.05) is 0 Å². The molecule has 0 aromatic carbocycles. The lowest BCUT2D eigenvalue weighted by molar-refractivity contribution is 1.36. The van der Waals surface area contributed by atoms with Crippen LogP contribution in [0.2, 0.25) is 0 Å². The van der Waals surface area contributed by atoms with Crippen molar-refractivity contribution in [3.8, 4) is 0 Å². The maximum absolute atomic E-state index is 5.44. The summed E-state index contributed by atoms with van der Waals surface area (Å²) in [6.45, 7) is 0. The van der Waals surface area contributed by atoms with Crippen molar-refractivity contribution < 1.29 is 0 Å². The molecule has 42 valence electrons. The lowest BCUT2D eigenvalue weighted by atomic mass is 10.9. The van der Waals surface area contributed by atoms with Gasteiger partial charge < -0.3 is 0 Å². The highest BCUT2D eigenvalue weighted by Gasteiger charge is 2.62. The quantitative estimate of drug-likeness (QED) is 0.502. The Kier molecular flexibility index (Phi) is 1.41. The molecule has 0 nitrogen and oxygen atoms in total.